The molecule has 59 heavy (non-hydrogen) atoms. The van der Waals surface area contributed by atoms with Crippen molar-refractivity contribution in [1.82, 2.24) is 5.32 Å². The Labute approximate surface area is 340 Å². The molecule has 0 spiro atoms. The Morgan fingerprint density at radius 3 is 2.07 bits per heavy atom. The van der Waals surface area contributed by atoms with Crippen molar-refractivity contribution in [3.8, 4) is 0 Å². The highest BCUT2D eigenvalue weighted by Gasteiger charge is 2.80. The number of aliphatic hydroxyl groups excluding tert-OH is 3. The molecule has 1 aliphatic heterocycles. The largest absolute Gasteiger partial charge is 0.456 e. The number of Topliss-reactive ketones (excluding diaryl/α,β-unsaturated/α-hetero) is 2. The van der Waals surface area contributed by atoms with Crippen molar-refractivity contribution in [2.24, 2.45) is 16.7 Å². The lowest BCUT2D eigenvalue weighted by Gasteiger charge is -2.66. The monoisotopic (exact) mass is 821 g/mol. The second-order valence-corrected chi connectivity index (χ2v) is 17.5. The van der Waals surface area contributed by atoms with Gasteiger partial charge >= 0.3 is 24.0 Å². The summed E-state index contributed by atoms with van der Waals surface area (Å²) in [5.41, 5.74) is -9.42. The second-order valence-electron chi connectivity index (χ2n) is 17.5. The number of fused-ring (bicyclic) bond motifs is 5. The molecule has 2 saturated carbocycles. The van der Waals surface area contributed by atoms with Crippen LogP contribution in [0.15, 0.2) is 71.8 Å². The van der Waals surface area contributed by atoms with Crippen molar-refractivity contribution in [2.75, 3.05) is 6.61 Å². The first-order valence-electron chi connectivity index (χ1n) is 19.3. The van der Waals surface area contributed by atoms with E-state index in [-0.39, 0.29) is 16.7 Å². The van der Waals surface area contributed by atoms with Crippen LogP contribution < -0.4 is 5.32 Å². The maximum atomic E-state index is 14.9. The second kappa shape index (κ2) is 15.2. The van der Waals surface area contributed by atoms with Gasteiger partial charge in [-0.25, -0.2) is 14.4 Å². The van der Waals surface area contributed by atoms with Gasteiger partial charge in [0.1, 0.15) is 35.6 Å². The minimum absolute atomic E-state index is 0.0118. The minimum Gasteiger partial charge on any atom is -0.456 e. The van der Waals surface area contributed by atoms with Gasteiger partial charge in [0, 0.05) is 18.8 Å². The van der Waals surface area contributed by atoms with Gasteiger partial charge in [-0.05, 0) is 63.5 Å². The zero-order valence-electron chi connectivity index (χ0n) is 34.1. The Kier molecular flexibility index (Phi) is 11.2. The van der Waals surface area contributed by atoms with Gasteiger partial charge in [0.25, 0.3) is 0 Å². The molecule has 1 saturated heterocycles. The van der Waals surface area contributed by atoms with Gasteiger partial charge in [0.15, 0.2) is 29.4 Å². The summed E-state index contributed by atoms with van der Waals surface area (Å²) in [5.74, 6) is -7.14. The Morgan fingerprint density at radius 1 is 0.932 bits per heavy atom. The van der Waals surface area contributed by atoms with Crippen LogP contribution >= 0.6 is 0 Å². The number of ketones is 2. The molecule has 5 N–H and O–H groups in total. The van der Waals surface area contributed by atoms with E-state index in [4.69, 9.17) is 23.7 Å². The van der Waals surface area contributed by atoms with Crippen LogP contribution in [0, 0.1) is 16.7 Å². The lowest BCUT2D eigenvalue weighted by atomic mass is 9.44. The van der Waals surface area contributed by atoms with E-state index in [2.05, 4.69) is 5.32 Å². The number of ether oxygens (including phenoxy) is 5. The van der Waals surface area contributed by atoms with Crippen LogP contribution in [0.25, 0.3) is 0 Å². The van der Waals surface area contributed by atoms with Gasteiger partial charge in [-0.1, -0.05) is 62.4 Å². The maximum Gasteiger partial charge on any atom is 0.408 e. The average molecular weight is 822 g/mol. The Morgan fingerprint density at radius 2 is 1.53 bits per heavy atom. The SMILES string of the molecule is CC(=O)O[C@@]12CO[C@@H]1C(=O)[C@H](O)[C@@]1(C)C(=O)[C@H](O)C3=C(C)[C@@H](OC(=O)[C@H](O)[C@@H](NC(=O)OC(C)(C)C)c4ccccc4)C[C@@](O)([C@@H](OC(=O)c4ccccc4)[C@H]21)C3(C)C. The zero-order valence-corrected chi connectivity index (χ0v) is 34.1. The highest BCUT2D eigenvalue weighted by Crippen LogP contribution is 2.63. The molecule has 1 heterocycles. The van der Waals surface area contributed by atoms with E-state index >= 15 is 0 Å². The summed E-state index contributed by atoms with van der Waals surface area (Å²) in [6, 6.07) is 14.3. The smallest absolute Gasteiger partial charge is 0.408 e. The summed E-state index contributed by atoms with van der Waals surface area (Å²) in [7, 11) is 0. The number of aliphatic hydroxyl groups is 4. The summed E-state index contributed by atoms with van der Waals surface area (Å²) >= 11 is 0. The van der Waals surface area contributed by atoms with E-state index in [9.17, 15) is 49.2 Å². The Balaban J connectivity index is 1.50. The number of hydrogen-bond acceptors (Lipinski definition) is 15. The van der Waals surface area contributed by atoms with Gasteiger partial charge in [-0.15, -0.1) is 0 Å². The topological polar surface area (TPSA) is 242 Å². The first-order chi connectivity index (χ1) is 27.4. The lowest BCUT2D eigenvalue weighted by molar-refractivity contribution is -0.327. The molecule has 1 amide bonds. The Hall–Kier alpha value is -5.00. The van der Waals surface area contributed by atoms with Crippen LogP contribution in [0.4, 0.5) is 4.79 Å². The molecule has 4 aliphatic rings. The standard InChI is InChI=1S/C43H51NO15/c1-21-25(56-37(52)29(47)27(23-15-11-9-12-16-23)44-38(53)59-39(3,4)5)19-43(54)35(57-36(51)24-17-13-10-14-18-24)31-41(8,32(49)28(46)26(21)40(43,6)7)33(50)30(48)34-42(31,20-55-34)58-22(2)45/h9-18,25,27-29,31,33-35,46-47,50,54H,19-20H2,1-8H3,(H,44,53)/t25-,27-,28+,29+,31-,33-,34+,35-,41+,42+,43+/m0/s1. The Bertz CT molecular complexity index is 2060. The van der Waals surface area contributed by atoms with E-state index in [1.54, 1.807) is 69.3 Å². The number of nitrogens with one attached hydrogen (secondary N) is 1. The molecular weight excluding hydrogens is 770 g/mol. The van der Waals surface area contributed by atoms with Gasteiger partial charge in [-0.2, -0.15) is 0 Å². The molecule has 6 rings (SSSR count). The van der Waals surface area contributed by atoms with Crippen LogP contribution in [-0.4, -0.2) is 116 Å². The van der Waals surface area contributed by atoms with E-state index in [1.807, 2.05) is 0 Å². The van der Waals surface area contributed by atoms with E-state index in [0.29, 0.717) is 5.56 Å². The van der Waals surface area contributed by atoms with Crippen molar-refractivity contribution in [3.05, 3.63) is 82.9 Å². The predicted octanol–water partition coefficient (Wildman–Crippen LogP) is 2.44. The van der Waals surface area contributed by atoms with Gasteiger partial charge in [0.2, 0.25) is 0 Å². The fourth-order valence-corrected chi connectivity index (χ4v) is 9.46. The number of amides is 1. The van der Waals surface area contributed by atoms with Crippen molar-refractivity contribution in [1.29, 1.82) is 0 Å². The van der Waals surface area contributed by atoms with E-state index in [0.717, 1.165) is 6.92 Å². The van der Waals surface area contributed by atoms with Crippen LogP contribution in [0.5, 0.6) is 0 Å². The molecule has 16 nitrogen and oxygen atoms in total. The molecule has 0 radical (unpaired) electrons. The summed E-state index contributed by atoms with van der Waals surface area (Å²) in [4.78, 5) is 82.7. The molecule has 16 heteroatoms. The van der Waals surface area contributed by atoms with Crippen LogP contribution in [0.3, 0.4) is 0 Å². The quantitative estimate of drug-likeness (QED) is 0.146. The molecule has 0 unspecified atom stereocenters. The minimum atomic E-state index is -2.48. The number of carbonyl (C=O) groups is 6. The predicted molar refractivity (Wildman–Crippen MR) is 204 cm³/mol. The van der Waals surface area contributed by atoms with Crippen molar-refractivity contribution < 1.29 is 72.9 Å². The molecule has 3 fully saturated rings. The highest BCUT2D eigenvalue weighted by molar-refractivity contribution is 6.02. The summed E-state index contributed by atoms with van der Waals surface area (Å²) in [6.07, 6.45) is -13.2. The number of esters is 3. The molecule has 2 aromatic rings. The number of rotatable bonds is 8. The molecule has 318 valence electrons. The van der Waals surface area contributed by atoms with Crippen LogP contribution in [-0.2, 0) is 42.9 Å². The third-order valence-corrected chi connectivity index (χ3v) is 12.4. The third-order valence-electron chi connectivity index (χ3n) is 12.4. The normalized spacial score (nSPS) is 33.4. The zero-order chi connectivity index (χ0) is 43.6. The molecule has 11 atom stereocenters. The summed E-state index contributed by atoms with van der Waals surface area (Å²) < 4.78 is 29.0. The van der Waals surface area contributed by atoms with Gasteiger partial charge in [-0.3, -0.25) is 14.4 Å². The fourth-order valence-electron chi connectivity index (χ4n) is 9.46. The first-order valence-corrected chi connectivity index (χ1v) is 19.3. The van der Waals surface area contributed by atoms with Crippen molar-refractivity contribution in [3.63, 3.8) is 0 Å². The van der Waals surface area contributed by atoms with E-state index < -0.39 is 125 Å². The molecule has 2 aromatic carbocycles. The maximum absolute atomic E-state index is 14.9. The number of hydrogen-bond donors (Lipinski definition) is 5. The molecular formula is C43H51NO15. The number of carbonyl (C=O) groups excluding carboxylic acids is 6. The van der Waals surface area contributed by atoms with Crippen LogP contribution in [0.2, 0.25) is 0 Å². The fraction of sp³-hybridized carbons (Fsp3) is 0.535. The average Bonchev–Trinajstić information content (AvgIpc) is 3.15. The summed E-state index contributed by atoms with van der Waals surface area (Å²) in [5, 5.41) is 51.4. The first kappa shape index (κ1) is 43.6. The lowest BCUT2D eigenvalue weighted by Crippen LogP contribution is -2.84. The summed E-state index contributed by atoms with van der Waals surface area (Å²) in [6.45, 7) is 11.0. The van der Waals surface area contributed by atoms with Gasteiger partial charge < -0.3 is 49.4 Å². The van der Waals surface area contributed by atoms with Crippen molar-refractivity contribution >= 4 is 35.6 Å². The highest BCUT2D eigenvalue weighted by atomic mass is 16.6. The van der Waals surface area contributed by atoms with E-state index in [1.165, 1.54) is 39.8 Å². The molecule has 3 aliphatic carbocycles. The van der Waals surface area contributed by atoms with Crippen LogP contribution in [0.1, 0.15) is 83.8 Å². The number of alkyl carbamates (subject to hydrolysis) is 1. The molecule has 0 aromatic heterocycles. The number of benzene rings is 2. The van der Waals surface area contributed by atoms with Crippen molar-refractivity contribution in [2.45, 2.75) is 121 Å². The molecule has 2 bridgehead atoms. The third kappa shape index (κ3) is 7.13. The van der Waals surface area contributed by atoms with Gasteiger partial charge in [0.05, 0.1) is 29.5 Å².